The van der Waals surface area contributed by atoms with Crippen LogP contribution in [0.1, 0.15) is 47.9 Å². The van der Waals surface area contributed by atoms with Crippen molar-refractivity contribution < 1.29 is 43.2 Å². The minimum atomic E-state index is -1.40. The number of carbonyl (C=O) groups is 3. The quantitative estimate of drug-likeness (QED) is 0.288. The van der Waals surface area contributed by atoms with Crippen LogP contribution in [0.5, 0.6) is 11.5 Å². The maximum Gasteiger partial charge on any atom is 0.335 e. The molecule has 3 aromatic carbocycles. The van der Waals surface area contributed by atoms with Crippen LogP contribution in [0.25, 0.3) is 0 Å². The summed E-state index contributed by atoms with van der Waals surface area (Å²) < 4.78 is 32.0. The number of hydrogen-bond donors (Lipinski definition) is 3. The molecule has 3 aromatic rings. The van der Waals surface area contributed by atoms with E-state index in [0.29, 0.717) is 33.3 Å². The molecule has 0 spiro atoms. The number of carboxylic acids is 1. The number of benzene rings is 3. The lowest BCUT2D eigenvalue weighted by Crippen LogP contribution is -2.46. The van der Waals surface area contributed by atoms with Crippen molar-refractivity contribution in [3.63, 3.8) is 0 Å². The van der Waals surface area contributed by atoms with Gasteiger partial charge in [0.2, 0.25) is 5.91 Å². The standard InChI is InChI=1S/C31H32ClFN2O8/c1-31(2,16-36)15-35-23-11-9-18(32)13-20(23)27(19-6-5-7-24(41-3)28(19)42-4)43-25(29(35)38)14-26(37)34-22-12-17(30(39)40)8-10-21(22)33/h5-13,25,27,36H,14-16H2,1-4H3,(H,34,37)(H,39,40)/t25-,27-/m1/s1. The maximum atomic E-state index is 14.5. The summed E-state index contributed by atoms with van der Waals surface area (Å²) in [5.74, 6) is -2.77. The van der Waals surface area contributed by atoms with Gasteiger partial charge in [0.05, 0.1) is 31.9 Å². The summed E-state index contributed by atoms with van der Waals surface area (Å²) in [5.41, 5.74) is 0.122. The van der Waals surface area contributed by atoms with Gasteiger partial charge >= 0.3 is 5.97 Å². The number of aromatic carboxylic acids is 1. The second-order valence-corrected chi connectivity index (χ2v) is 11.2. The number of methoxy groups -OCH3 is 2. The molecule has 10 nitrogen and oxygen atoms in total. The Labute approximate surface area is 252 Å². The van der Waals surface area contributed by atoms with E-state index in [2.05, 4.69) is 5.32 Å². The average molecular weight is 615 g/mol. The molecule has 0 aromatic heterocycles. The van der Waals surface area contributed by atoms with Crippen LogP contribution in [0.2, 0.25) is 5.02 Å². The Kier molecular flexibility index (Phi) is 9.59. The minimum absolute atomic E-state index is 0.0652. The number of fused-ring (bicyclic) bond motifs is 1. The topological polar surface area (TPSA) is 135 Å². The van der Waals surface area contributed by atoms with Crippen molar-refractivity contribution in [2.24, 2.45) is 5.41 Å². The molecular weight excluding hydrogens is 583 g/mol. The lowest BCUT2D eigenvalue weighted by atomic mass is 9.92. The highest BCUT2D eigenvalue weighted by molar-refractivity contribution is 6.30. The molecule has 1 aliphatic rings. The normalized spacial score (nSPS) is 16.7. The van der Waals surface area contributed by atoms with Crippen molar-refractivity contribution in [1.29, 1.82) is 0 Å². The fourth-order valence-electron chi connectivity index (χ4n) is 4.83. The fourth-order valence-corrected chi connectivity index (χ4v) is 5.01. The minimum Gasteiger partial charge on any atom is -0.493 e. The maximum absolute atomic E-state index is 14.5. The third-order valence-corrected chi connectivity index (χ3v) is 7.23. The molecule has 3 N–H and O–H groups in total. The molecule has 43 heavy (non-hydrogen) atoms. The number of carboxylic acid groups (broad SMARTS) is 1. The van der Waals surface area contributed by atoms with Crippen LogP contribution in [0.15, 0.2) is 54.6 Å². The molecule has 0 fully saturated rings. The Hall–Kier alpha value is -4.19. The Morgan fingerprint density at radius 2 is 1.84 bits per heavy atom. The Bertz CT molecular complexity index is 1550. The third kappa shape index (κ3) is 6.90. The summed E-state index contributed by atoms with van der Waals surface area (Å²) in [7, 11) is 2.94. The smallest absolute Gasteiger partial charge is 0.335 e. The molecule has 228 valence electrons. The van der Waals surface area contributed by atoms with Gasteiger partial charge in [-0.2, -0.15) is 0 Å². The predicted molar refractivity (Wildman–Crippen MR) is 158 cm³/mol. The summed E-state index contributed by atoms with van der Waals surface area (Å²) in [6.45, 7) is 3.39. The van der Waals surface area contributed by atoms with Crippen LogP contribution >= 0.6 is 11.6 Å². The van der Waals surface area contributed by atoms with E-state index in [1.165, 1.54) is 19.1 Å². The zero-order chi connectivity index (χ0) is 31.5. The molecule has 1 aliphatic heterocycles. The number of amides is 2. The van der Waals surface area contributed by atoms with Crippen molar-refractivity contribution >= 4 is 40.8 Å². The highest BCUT2D eigenvalue weighted by atomic mass is 35.5. The summed E-state index contributed by atoms with van der Waals surface area (Å²) in [6.07, 6.45) is -2.92. The summed E-state index contributed by atoms with van der Waals surface area (Å²) in [4.78, 5) is 40.2. The van der Waals surface area contributed by atoms with E-state index < -0.39 is 47.6 Å². The lowest BCUT2D eigenvalue weighted by Gasteiger charge is -2.32. The number of ether oxygens (including phenoxy) is 3. The van der Waals surface area contributed by atoms with Crippen LogP contribution in [0.3, 0.4) is 0 Å². The van der Waals surface area contributed by atoms with Gasteiger partial charge in [-0.1, -0.05) is 37.6 Å². The summed E-state index contributed by atoms with van der Waals surface area (Å²) in [6, 6.07) is 13.1. The number of halogens is 2. The zero-order valence-corrected chi connectivity index (χ0v) is 24.8. The van der Waals surface area contributed by atoms with E-state index in [9.17, 15) is 29.0 Å². The Balaban J connectivity index is 1.82. The average Bonchev–Trinajstić information content (AvgIpc) is 3.07. The number of aliphatic hydroxyl groups excluding tert-OH is 1. The molecule has 1 heterocycles. The lowest BCUT2D eigenvalue weighted by molar-refractivity contribution is -0.136. The number of rotatable bonds is 10. The first-order chi connectivity index (χ1) is 20.4. The first kappa shape index (κ1) is 31.7. The molecule has 0 saturated heterocycles. The van der Waals surface area contributed by atoms with Gasteiger partial charge in [0.1, 0.15) is 18.0 Å². The van der Waals surface area contributed by atoms with E-state index in [1.54, 1.807) is 50.2 Å². The van der Waals surface area contributed by atoms with Crippen LogP contribution in [-0.4, -0.2) is 61.5 Å². The van der Waals surface area contributed by atoms with Crippen LogP contribution in [-0.2, 0) is 14.3 Å². The van der Waals surface area contributed by atoms with Crippen LogP contribution < -0.4 is 19.7 Å². The highest BCUT2D eigenvalue weighted by Crippen LogP contribution is 2.45. The second-order valence-electron chi connectivity index (χ2n) is 10.8. The molecule has 0 radical (unpaired) electrons. The number of nitrogens with one attached hydrogen (secondary N) is 1. The number of anilines is 2. The molecule has 12 heteroatoms. The fraction of sp³-hybridized carbons (Fsp3) is 0.323. The molecule has 2 amide bonds. The number of nitrogens with zero attached hydrogens (tertiary/aromatic N) is 1. The Morgan fingerprint density at radius 3 is 2.49 bits per heavy atom. The SMILES string of the molecule is COc1cccc([C@H]2O[C@H](CC(=O)Nc3cc(C(=O)O)ccc3F)C(=O)N(CC(C)(C)CO)c3ccc(Cl)cc32)c1OC. The van der Waals surface area contributed by atoms with Gasteiger partial charge in [0.15, 0.2) is 11.5 Å². The molecule has 0 saturated carbocycles. The van der Waals surface area contributed by atoms with Gasteiger partial charge in [-0.05, 0) is 42.5 Å². The van der Waals surface area contributed by atoms with Gasteiger partial charge in [-0.15, -0.1) is 0 Å². The van der Waals surface area contributed by atoms with Crippen LogP contribution in [0.4, 0.5) is 15.8 Å². The molecule has 0 unspecified atom stereocenters. The molecular formula is C31H32ClFN2O8. The van der Waals surface area contributed by atoms with E-state index >= 15 is 0 Å². The van der Waals surface area contributed by atoms with Gasteiger partial charge in [0.25, 0.3) is 5.91 Å². The molecule has 4 rings (SSSR count). The van der Waals surface area contributed by atoms with E-state index in [1.807, 2.05) is 0 Å². The van der Waals surface area contributed by atoms with E-state index in [4.69, 9.17) is 25.8 Å². The monoisotopic (exact) mass is 614 g/mol. The number of aliphatic hydroxyl groups is 1. The van der Waals surface area contributed by atoms with Crippen molar-refractivity contribution in [3.8, 4) is 11.5 Å². The van der Waals surface area contributed by atoms with Gasteiger partial charge in [0, 0.05) is 40.4 Å². The van der Waals surface area contributed by atoms with Crippen molar-refractivity contribution in [1.82, 2.24) is 0 Å². The molecule has 0 aliphatic carbocycles. The predicted octanol–water partition coefficient (Wildman–Crippen LogP) is 5.06. The van der Waals surface area contributed by atoms with Gasteiger partial charge < -0.3 is 34.6 Å². The summed E-state index contributed by atoms with van der Waals surface area (Å²) >= 11 is 6.42. The Morgan fingerprint density at radius 1 is 1.09 bits per heavy atom. The first-order valence-corrected chi connectivity index (χ1v) is 13.7. The first-order valence-electron chi connectivity index (χ1n) is 13.3. The zero-order valence-electron chi connectivity index (χ0n) is 24.0. The second kappa shape index (κ2) is 13.0. The highest BCUT2D eigenvalue weighted by Gasteiger charge is 2.40. The number of para-hydroxylation sites is 1. The molecule has 0 bridgehead atoms. The largest absolute Gasteiger partial charge is 0.493 e. The van der Waals surface area contributed by atoms with Crippen LogP contribution in [0, 0.1) is 11.2 Å². The molecule has 2 atom stereocenters. The third-order valence-electron chi connectivity index (χ3n) is 6.99. The van der Waals surface area contributed by atoms with Gasteiger partial charge in [-0.25, -0.2) is 9.18 Å². The summed E-state index contributed by atoms with van der Waals surface area (Å²) in [5, 5.41) is 22.0. The van der Waals surface area contributed by atoms with Crippen molar-refractivity contribution in [2.75, 3.05) is 37.6 Å². The van der Waals surface area contributed by atoms with E-state index in [-0.39, 0.29) is 24.4 Å². The number of carbonyl (C=O) groups excluding carboxylic acids is 2. The number of hydrogen-bond acceptors (Lipinski definition) is 7. The van der Waals surface area contributed by atoms with Crippen molar-refractivity contribution in [3.05, 3.63) is 82.1 Å². The van der Waals surface area contributed by atoms with Crippen molar-refractivity contribution in [2.45, 2.75) is 32.5 Å². The van der Waals surface area contributed by atoms with E-state index in [0.717, 1.165) is 18.2 Å². The van der Waals surface area contributed by atoms with Gasteiger partial charge in [-0.3, -0.25) is 9.59 Å².